The number of nitrogens with one attached hydrogen (secondary N) is 1. The van der Waals surface area contributed by atoms with Crippen molar-refractivity contribution in [1.82, 2.24) is 5.32 Å². The number of carboxylic acid groups (broad SMARTS) is 1. The Morgan fingerprint density at radius 3 is 2.43 bits per heavy atom. The molecule has 4 atom stereocenters. The molecule has 0 bridgehead atoms. The molecule has 4 heteroatoms. The summed E-state index contributed by atoms with van der Waals surface area (Å²) in [5.74, 6) is -1.31. The van der Waals surface area contributed by atoms with Crippen LogP contribution in [0.4, 0.5) is 0 Å². The Kier molecular flexibility index (Phi) is 4.95. The van der Waals surface area contributed by atoms with Crippen LogP contribution in [0.1, 0.15) is 65.7 Å². The Labute approximate surface area is 127 Å². The predicted octanol–water partition coefficient (Wildman–Crippen LogP) is 3.21. The van der Waals surface area contributed by atoms with E-state index in [1.807, 2.05) is 0 Å². The number of aliphatic carboxylic acids is 1. The fourth-order valence-electron chi connectivity index (χ4n) is 4.08. The van der Waals surface area contributed by atoms with Gasteiger partial charge in [0.25, 0.3) is 0 Å². The van der Waals surface area contributed by atoms with Crippen LogP contribution >= 0.6 is 0 Å². The molecule has 2 unspecified atom stereocenters. The SMILES string of the molecule is CCC1C[C@H](C(=O)NC2CCCCC2(C)C)[C@H](C(=O)O)C1. The highest BCUT2D eigenvalue weighted by Gasteiger charge is 2.43. The molecule has 2 rings (SSSR count). The summed E-state index contributed by atoms with van der Waals surface area (Å²) in [6, 6.07) is 0.189. The van der Waals surface area contributed by atoms with Crippen LogP contribution in [0.2, 0.25) is 0 Å². The van der Waals surface area contributed by atoms with Gasteiger partial charge in [-0.25, -0.2) is 0 Å². The zero-order valence-electron chi connectivity index (χ0n) is 13.5. The molecule has 0 aromatic heterocycles. The van der Waals surface area contributed by atoms with Gasteiger partial charge < -0.3 is 10.4 Å². The molecule has 4 nitrogen and oxygen atoms in total. The number of carbonyl (C=O) groups is 2. The summed E-state index contributed by atoms with van der Waals surface area (Å²) in [6.07, 6.45) is 6.85. The van der Waals surface area contributed by atoms with Crippen LogP contribution in [0.5, 0.6) is 0 Å². The topological polar surface area (TPSA) is 66.4 Å². The third-order valence-corrected chi connectivity index (χ3v) is 5.72. The van der Waals surface area contributed by atoms with Gasteiger partial charge in [0, 0.05) is 6.04 Å². The van der Waals surface area contributed by atoms with Gasteiger partial charge in [0.15, 0.2) is 0 Å². The van der Waals surface area contributed by atoms with Crippen molar-refractivity contribution in [3.8, 4) is 0 Å². The van der Waals surface area contributed by atoms with E-state index in [0.717, 1.165) is 32.1 Å². The molecule has 1 amide bonds. The van der Waals surface area contributed by atoms with E-state index in [4.69, 9.17) is 0 Å². The summed E-state index contributed by atoms with van der Waals surface area (Å²) in [5.41, 5.74) is 0.120. The molecule has 0 heterocycles. The lowest BCUT2D eigenvalue weighted by Crippen LogP contribution is -2.49. The average Bonchev–Trinajstić information content (AvgIpc) is 2.85. The summed E-state index contributed by atoms with van der Waals surface area (Å²) in [4.78, 5) is 24.0. The third kappa shape index (κ3) is 3.58. The van der Waals surface area contributed by atoms with Crippen LogP contribution in [0, 0.1) is 23.2 Å². The number of carboxylic acids is 1. The number of carbonyl (C=O) groups excluding carboxylic acids is 1. The van der Waals surface area contributed by atoms with Crippen molar-refractivity contribution in [3.63, 3.8) is 0 Å². The van der Waals surface area contributed by atoms with Gasteiger partial charge in [-0.3, -0.25) is 9.59 Å². The van der Waals surface area contributed by atoms with Gasteiger partial charge in [-0.15, -0.1) is 0 Å². The van der Waals surface area contributed by atoms with E-state index in [1.165, 1.54) is 6.42 Å². The molecule has 0 aromatic rings. The first-order chi connectivity index (χ1) is 9.85. The van der Waals surface area contributed by atoms with Crippen molar-refractivity contribution in [2.45, 2.75) is 71.8 Å². The first-order valence-electron chi connectivity index (χ1n) is 8.38. The Morgan fingerprint density at radius 2 is 1.86 bits per heavy atom. The summed E-state index contributed by atoms with van der Waals surface area (Å²) >= 11 is 0. The minimum atomic E-state index is -0.811. The van der Waals surface area contributed by atoms with E-state index in [2.05, 4.69) is 26.1 Å². The number of hydrogen-bond donors (Lipinski definition) is 2. The Morgan fingerprint density at radius 1 is 1.19 bits per heavy atom. The molecule has 0 aliphatic heterocycles. The van der Waals surface area contributed by atoms with Crippen molar-refractivity contribution in [1.29, 1.82) is 0 Å². The van der Waals surface area contributed by atoms with Crippen LogP contribution in [-0.2, 0) is 9.59 Å². The second kappa shape index (κ2) is 6.37. The van der Waals surface area contributed by atoms with Crippen molar-refractivity contribution in [2.24, 2.45) is 23.2 Å². The van der Waals surface area contributed by atoms with Gasteiger partial charge >= 0.3 is 5.97 Å². The molecule has 0 aromatic carbocycles. The lowest BCUT2D eigenvalue weighted by molar-refractivity contribution is -0.146. The monoisotopic (exact) mass is 295 g/mol. The minimum Gasteiger partial charge on any atom is -0.481 e. The van der Waals surface area contributed by atoms with Crippen molar-refractivity contribution in [3.05, 3.63) is 0 Å². The van der Waals surface area contributed by atoms with Gasteiger partial charge in [-0.05, 0) is 37.0 Å². The van der Waals surface area contributed by atoms with E-state index < -0.39 is 11.9 Å². The molecular formula is C17H29NO3. The lowest BCUT2D eigenvalue weighted by Gasteiger charge is -2.39. The second-order valence-corrected chi connectivity index (χ2v) is 7.59. The minimum absolute atomic E-state index is 0.0293. The van der Waals surface area contributed by atoms with Crippen LogP contribution in [-0.4, -0.2) is 23.0 Å². The Hall–Kier alpha value is -1.06. The highest BCUT2D eigenvalue weighted by molar-refractivity contribution is 5.85. The molecule has 0 radical (unpaired) electrons. The normalized spacial score (nSPS) is 35.4. The van der Waals surface area contributed by atoms with E-state index in [-0.39, 0.29) is 23.3 Å². The molecule has 21 heavy (non-hydrogen) atoms. The van der Waals surface area contributed by atoms with Gasteiger partial charge in [-0.2, -0.15) is 0 Å². The molecule has 0 saturated heterocycles. The quantitative estimate of drug-likeness (QED) is 0.837. The summed E-state index contributed by atoms with van der Waals surface area (Å²) in [7, 11) is 0. The van der Waals surface area contributed by atoms with E-state index in [0.29, 0.717) is 12.3 Å². The summed E-state index contributed by atoms with van der Waals surface area (Å²) in [6.45, 7) is 6.48. The number of hydrogen-bond acceptors (Lipinski definition) is 2. The molecule has 2 aliphatic carbocycles. The molecule has 2 fully saturated rings. The van der Waals surface area contributed by atoms with Crippen molar-refractivity contribution < 1.29 is 14.7 Å². The van der Waals surface area contributed by atoms with E-state index >= 15 is 0 Å². The van der Waals surface area contributed by atoms with E-state index in [1.54, 1.807) is 0 Å². The largest absolute Gasteiger partial charge is 0.481 e. The number of rotatable bonds is 4. The Balaban J connectivity index is 2.03. The van der Waals surface area contributed by atoms with Gasteiger partial charge in [-0.1, -0.05) is 40.0 Å². The average molecular weight is 295 g/mol. The standard InChI is InChI=1S/C17H29NO3/c1-4-11-9-12(13(10-11)16(20)21)15(19)18-14-7-5-6-8-17(14,2)3/h11-14H,4-10H2,1-3H3,(H,18,19)(H,20,21)/t11?,12-,13+,14?/m0/s1. The fraction of sp³-hybridized carbons (Fsp3) is 0.882. The second-order valence-electron chi connectivity index (χ2n) is 7.59. The maximum Gasteiger partial charge on any atom is 0.307 e. The first kappa shape index (κ1) is 16.3. The molecular weight excluding hydrogens is 266 g/mol. The van der Waals surface area contributed by atoms with Gasteiger partial charge in [0.05, 0.1) is 11.8 Å². The first-order valence-corrected chi connectivity index (χ1v) is 8.38. The maximum absolute atomic E-state index is 12.6. The maximum atomic E-state index is 12.6. The molecule has 2 saturated carbocycles. The summed E-state index contributed by atoms with van der Waals surface area (Å²) < 4.78 is 0. The van der Waals surface area contributed by atoms with Crippen LogP contribution in [0.15, 0.2) is 0 Å². The smallest absolute Gasteiger partial charge is 0.307 e. The lowest BCUT2D eigenvalue weighted by atomic mass is 9.73. The third-order valence-electron chi connectivity index (χ3n) is 5.72. The molecule has 2 aliphatic rings. The van der Waals surface area contributed by atoms with Crippen molar-refractivity contribution >= 4 is 11.9 Å². The molecule has 2 N–H and O–H groups in total. The predicted molar refractivity (Wildman–Crippen MR) is 81.8 cm³/mol. The Bertz CT molecular complexity index is 405. The zero-order valence-corrected chi connectivity index (χ0v) is 13.5. The van der Waals surface area contributed by atoms with Crippen molar-refractivity contribution in [2.75, 3.05) is 0 Å². The van der Waals surface area contributed by atoms with Gasteiger partial charge in [0.1, 0.15) is 0 Å². The highest BCUT2D eigenvalue weighted by Crippen LogP contribution is 2.40. The zero-order chi connectivity index (χ0) is 15.6. The fourth-order valence-corrected chi connectivity index (χ4v) is 4.08. The number of amides is 1. The van der Waals surface area contributed by atoms with E-state index in [9.17, 15) is 14.7 Å². The molecule has 0 spiro atoms. The van der Waals surface area contributed by atoms with Crippen LogP contribution < -0.4 is 5.32 Å². The van der Waals surface area contributed by atoms with Crippen LogP contribution in [0.3, 0.4) is 0 Å². The van der Waals surface area contributed by atoms with Gasteiger partial charge in [0.2, 0.25) is 5.91 Å². The highest BCUT2D eigenvalue weighted by atomic mass is 16.4. The van der Waals surface area contributed by atoms with Crippen LogP contribution in [0.25, 0.3) is 0 Å². The summed E-state index contributed by atoms with van der Waals surface area (Å²) in [5, 5.41) is 12.6. The molecule has 120 valence electrons.